The van der Waals surface area contributed by atoms with Gasteiger partial charge in [0.15, 0.2) is 12.1 Å². The van der Waals surface area contributed by atoms with Crippen LogP contribution >= 0.6 is 0 Å². The van der Waals surface area contributed by atoms with Gasteiger partial charge in [-0.05, 0) is 18.2 Å². The van der Waals surface area contributed by atoms with Crippen molar-refractivity contribution < 1.29 is 9.18 Å². The largest absolute Gasteiger partial charge is 0.396 e. The number of hydrogen-bond donors (Lipinski definition) is 1. The zero-order valence-corrected chi connectivity index (χ0v) is 7.22. The van der Waals surface area contributed by atoms with Crippen LogP contribution in [0.3, 0.4) is 0 Å². The topological polar surface area (TPSA) is 68.3 Å². The fourth-order valence-corrected chi connectivity index (χ4v) is 0.683. The molecule has 0 aliphatic carbocycles. The number of pyridine rings is 1. The van der Waals surface area contributed by atoms with E-state index in [4.69, 9.17) is 5.73 Å². The van der Waals surface area contributed by atoms with Crippen LogP contribution in [0.2, 0.25) is 0 Å². The number of nitrogens with two attached hydrogens (primary N) is 1. The second-order valence-electron chi connectivity index (χ2n) is 2.40. The normalized spacial score (nSPS) is 10.4. The highest BCUT2D eigenvalue weighted by molar-refractivity contribution is 5.83. The number of rotatable bonds is 3. The van der Waals surface area contributed by atoms with Crippen molar-refractivity contribution in [3.8, 4) is 0 Å². The fraction of sp³-hybridized carbons (Fsp3) is 0.182. The number of hydrogen-bond acceptors (Lipinski definition) is 4. The minimum atomic E-state index is -0.424. The number of nitrogens with zero attached hydrogens (tertiary/aromatic N) is 2. The van der Waals surface area contributed by atoms with Crippen LogP contribution in [0.15, 0.2) is 35.1 Å². The van der Waals surface area contributed by atoms with Gasteiger partial charge >= 0.3 is 0 Å². The van der Waals surface area contributed by atoms with E-state index in [-0.39, 0.29) is 20.6 Å². The molecule has 16 heavy (non-hydrogen) atoms. The van der Waals surface area contributed by atoms with Crippen molar-refractivity contribution in [1.82, 2.24) is 4.98 Å². The summed E-state index contributed by atoms with van der Waals surface area (Å²) < 4.78 is 12.4. The lowest BCUT2D eigenvalue weighted by molar-refractivity contribution is -0.104. The standard InChI is InChI=1S/C9H8FN3O.2CH4/c10-7-1-2-9(13-5-7)12-4-3-8(11)6-14;;/h1-6H,11H2;2*1H4. The van der Waals surface area contributed by atoms with Gasteiger partial charge in [-0.1, -0.05) is 14.9 Å². The zero-order valence-electron chi connectivity index (χ0n) is 7.22. The van der Waals surface area contributed by atoms with Crippen LogP contribution < -0.4 is 5.73 Å². The molecule has 0 saturated carbocycles. The third-order valence-electron chi connectivity index (χ3n) is 1.32. The van der Waals surface area contributed by atoms with Gasteiger partial charge in [0.25, 0.3) is 0 Å². The first-order valence-corrected chi connectivity index (χ1v) is 3.79. The molecular formula is C11H16FN3O. The number of halogens is 1. The quantitative estimate of drug-likeness (QED) is 0.487. The van der Waals surface area contributed by atoms with Crippen LogP contribution in [-0.2, 0) is 4.79 Å². The van der Waals surface area contributed by atoms with Gasteiger partial charge in [0.2, 0.25) is 0 Å². The molecule has 4 nitrogen and oxygen atoms in total. The average molecular weight is 225 g/mol. The molecule has 0 aromatic carbocycles. The first kappa shape index (κ1) is 16.4. The van der Waals surface area contributed by atoms with Gasteiger partial charge in [0.1, 0.15) is 5.82 Å². The van der Waals surface area contributed by atoms with Crippen molar-refractivity contribution >= 4 is 18.3 Å². The lowest BCUT2D eigenvalue weighted by Gasteiger charge is -1.90. The summed E-state index contributed by atoms with van der Waals surface area (Å²) in [6, 6.07) is 2.66. The van der Waals surface area contributed by atoms with Crippen LogP contribution in [0.4, 0.5) is 10.2 Å². The molecule has 2 N–H and O–H groups in total. The van der Waals surface area contributed by atoms with Crippen LogP contribution in [-0.4, -0.2) is 17.5 Å². The first-order valence-electron chi connectivity index (χ1n) is 3.79. The Labute approximate surface area is 94.7 Å². The minimum Gasteiger partial charge on any atom is -0.396 e. The average Bonchev–Trinajstić information content (AvgIpc) is 2.21. The van der Waals surface area contributed by atoms with E-state index in [1.54, 1.807) is 0 Å². The van der Waals surface area contributed by atoms with Crippen molar-refractivity contribution in [3.63, 3.8) is 0 Å². The molecule has 0 aliphatic rings. The molecule has 0 fully saturated rings. The third kappa shape index (κ3) is 5.64. The molecule has 0 amide bonds. The van der Waals surface area contributed by atoms with Gasteiger partial charge < -0.3 is 5.73 Å². The van der Waals surface area contributed by atoms with E-state index in [1.807, 2.05) is 0 Å². The van der Waals surface area contributed by atoms with Crippen molar-refractivity contribution in [2.45, 2.75) is 14.9 Å². The maximum absolute atomic E-state index is 12.4. The smallest absolute Gasteiger partial charge is 0.165 e. The highest BCUT2D eigenvalue weighted by atomic mass is 19.1. The Hall–Kier alpha value is -2.04. The van der Waals surface area contributed by atoms with Crippen molar-refractivity contribution in [2.24, 2.45) is 10.7 Å². The number of carbonyl (C=O) groups excluding carboxylic acids is 1. The lowest BCUT2D eigenvalue weighted by atomic mass is 10.4. The van der Waals surface area contributed by atoms with E-state index >= 15 is 0 Å². The summed E-state index contributed by atoms with van der Waals surface area (Å²) in [4.78, 5) is 17.6. The third-order valence-corrected chi connectivity index (χ3v) is 1.32. The molecular weight excluding hydrogens is 209 g/mol. The molecule has 88 valence electrons. The van der Waals surface area contributed by atoms with Gasteiger partial charge in [-0.15, -0.1) is 0 Å². The molecule has 0 radical (unpaired) electrons. The molecule has 0 aliphatic heterocycles. The number of aromatic nitrogens is 1. The Morgan fingerprint density at radius 1 is 1.44 bits per heavy atom. The first-order chi connectivity index (χ1) is 6.72. The molecule has 0 spiro atoms. The van der Waals surface area contributed by atoms with E-state index in [0.717, 1.165) is 6.20 Å². The van der Waals surface area contributed by atoms with Gasteiger partial charge in [-0.2, -0.15) is 0 Å². The van der Waals surface area contributed by atoms with Crippen molar-refractivity contribution in [1.29, 1.82) is 0 Å². The number of aldehydes is 1. The Balaban J connectivity index is 0. The monoisotopic (exact) mass is 225 g/mol. The van der Waals surface area contributed by atoms with Crippen LogP contribution in [0, 0.1) is 5.82 Å². The van der Waals surface area contributed by atoms with Gasteiger partial charge in [-0.3, -0.25) is 4.79 Å². The maximum atomic E-state index is 12.4. The maximum Gasteiger partial charge on any atom is 0.165 e. The number of allylic oxidation sites excluding steroid dienone is 2. The summed E-state index contributed by atoms with van der Waals surface area (Å²) in [6.45, 7) is 0. The summed E-state index contributed by atoms with van der Waals surface area (Å²) in [5.74, 6) is -0.0757. The van der Waals surface area contributed by atoms with Gasteiger partial charge in [0.05, 0.1) is 11.9 Å². The second-order valence-corrected chi connectivity index (χ2v) is 2.40. The van der Waals surface area contributed by atoms with Gasteiger partial charge in [-0.25, -0.2) is 14.4 Å². The molecule has 0 saturated heterocycles. The second kappa shape index (κ2) is 8.28. The van der Waals surface area contributed by atoms with E-state index < -0.39 is 5.82 Å². The Kier molecular flexibility index (Phi) is 8.49. The zero-order chi connectivity index (χ0) is 10.4. The Morgan fingerprint density at radius 2 is 2.12 bits per heavy atom. The van der Waals surface area contributed by atoms with E-state index in [0.29, 0.717) is 12.1 Å². The van der Waals surface area contributed by atoms with E-state index in [9.17, 15) is 9.18 Å². The molecule has 1 rings (SSSR count). The summed E-state index contributed by atoms with van der Waals surface area (Å²) >= 11 is 0. The van der Waals surface area contributed by atoms with Crippen molar-refractivity contribution in [3.05, 3.63) is 35.9 Å². The molecule has 1 aromatic rings. The summed E-state index contributed by atoms with van der Waals surface area (Å²) in [7, 11) is 0. The van der Waals surface area contributed by atoms with E-state index in [1.165, 1.54) is 24.4 Å². The van der Waals surface area contributed by atoms with Crippen LogP contribution in [0.5, 0.6) is 0 Å². The highest BCUT2D eigenvalue weighted by Gasteiger charge is 1.90. The van der Waals surface area contributed by atoms with Crippen LogP contribution in [0.1, 0.15) is 14.9 Å². The lowest BCUT2D eigenvalue weighted by Crippen LogP contribution is -1.97. The fourth-order valence-electron chi connectivity index (χ4n) is 0.683. The molecule has 0 bridgehead atoms. The summed E-state index contributed by atoms with van der Waals surface area (Å²) in [5.41, 5.74) is 5.25. The number of aliphatic imine (C=N–C) groups is 1. The van der Waals surface area contributed by atoms with Gasteiger partial charge in [0, 0.05) is 6.21 Å². The molecule has 1 aromatic heterocycles. The molecule has 1 heterocycles. The SMILES string of the molecule is C.C.NC(C=O)=CC=Nc1ccc(F)cn1. The Morgan fingerprint density at radius 3 is 2.62 bits per heavy atom. The summed E-state index contributed by atoms with van der Waals surface area (Å²) in [5, 5.41) is 0. The predicted octanol–water partition coefficient (Wildman–Crippen LogP) is 2.24. The molecule has 0 atom stereocenters. The predicted molar refractivity (Wildman–Crippen MR) is 64.1 cm³/mol. The summed E-state index contributed by atoms with van der Waals surface area (Å²) in [6.07, 6.45) is 4.21. The van der Waals surface area contributed by atoms with Crippen LogP contribution in [0.25, 0.3) is 0 Å². The van der Waals surface area contributed by atoms with Crippen molar-refractivity contribution in [2.75, 3.05) is 0 Å². The molecule has 5 heteroatoms. The minimum absolute atomic E-state index is 0. The van der Waals surface area contributed by atoms with E-state index in [2.05, 4.69) is 9.98 Å². The molecule has 0 unspecified atom stereocenters. The highest BCUT2D eigenvalue weighted by Crippen LogP contribution is 2.06. The number of carbonyl (C=O) groups is 1. The Bertz CT molecular complexity index is 371.